The van der Waals surface area contributed by atoms with Crippen LogP contribution in [-0.4, -0.2) is 75.9 Å². The molecule has 38 heavy (non-hydrogen) atoms. The fourth-order valence-electron chi connectivity index (χ4n) is 3.72. The second-order valence-electron chi connectivity index (χ2n) is 9.22. The van der Waals surface area contributed by atoms with Crippen LogP contribution < -0.4 is 0 Å². The lowest BCUT2D eigenvalue weighted by Gasteiger charge is -2.12. The van der Waals surface area contributed by atoms with Gasteiger partial charge >= 0.3 is 0 Å². The Labute approximate surface area is 263 Å². The molecule has 2 fully saturated rings. The zero-order valence-electron chi connectivity index (χ0n) is 22.2. The maximum absolute atomic E-state index is 11.8. The van der Waals surface area contributed by atoms with E-state index in [9.17, 15) is 9.59 Å². The third-order valence-corrected chi connectivity index (χ3v) is 18.1. The van der Waals surface area contributed by atoms with Gasteiger partial charge in [-0.25, -0.2) is 0 Å². The molecular formula is C28H38O2S8. The minimum absolute atomic E-state index is 0.137. The molecule has 2 saturated heterocycles. The van der Waals surface area contributed by atoms with Gasteiger partial charge in [0.05, 0.1) is 9.16 Å². The lowest BCUT2D eigenvalue weighted by Crippen LogP contribution is -2.08. The molecule has 2 nitrogen and oxygen atoms in total. The molecule has 2 aliphatic heterocycles. The average molecular weight is 663 g/mol. The molecule has 210 valence electrons. The number of benzene rings is 1. The Morgan fingerprint density at radius 1 is 0.763 bits per heavy atom. The SMILES string of the molecule is C=C(C)C(=O)SCC1CSC(CSCCc2ccccc2CCSCC2SCC(CSC(=O)C(=C)C)S2)S1. The largest absolute Gasteiger partial charge is 0.282 e. The van der Waals surface area contributed by atoms with E-state index in [0.29, 0.717) is 30.8 Å². The van der Waals surface area contributed by atoms with Gasteiger partial charge in [0.2, 0.25) is 10.2 Å². The number of hydrogen-bond donors (Lipinski definition) is 0. The Hall–Kier alpha value is 0.840. The average Bonchev–Trinajstić information content (AvgIpc) is 3.56. The van der Waals surface area contributed by atoms with Gasteiger partial charge in [-0.15, -0.1) is 47.0 Å². The second kappa shape index (κ2) is 18.4. The number of carbonyl (C=O) groups is 2. The molecule has 10 heteroatoms. The summed E-state index contributed by atoms with van der Waals surface area (Å²) in [7, 11) is 0. The van der Waals surface area contributed by atoms with Crippen LogP contribution >= 0.6 is 94.1 Å². The molecule has 4 atom stereocenters. The van der Waals surface area contributed by atoms with Crippen molar-refractivity contribution in [3.63, 3.8) is 0 Å². The summed E-state index contributed by atoms with van der Waals surface area (Å²) in [5.41, 5.74) is 4.31. The lowest BCUT2D eigenvalue weighted by molar-refractivity contribution is -0.108. The molecule has 2 aliphatic rings. The highest BCUT2D eigenvalue weighted by molar-refractivity contribution is 8.23. The van der Waals surface area contributed by atoms with Gasteiger partial charge < -0.3 is 0 Å². The summed E-state index contributed by atoms with van der Waals surface area (Å²) >= 11 is 15.2. The third-order valence-electron chi connectivity index (χ3n) is 5.78. The Morgan fingerprint density at radius 3 is 1.58 bits per heavy atom. The summed E-state index contributed by atoms with van der Waals surface area (Å²) in [4.78, 5) is 23.6. The number of thioether (sulfide) groups is 8. The molecule has 4 unspecified atom stereocenters. The molecule has 0 aromatic heterocycles. The van der Waals surface area contributed by atoms with E-state index in [4.69, 9.17) is 0 Å². The van der Waals surface area contributed by atoms with E-state index in [1.807, 2.05) is 0 Å². The monoisotopic (exact) mass is 662 g/mol. The van der Waals surface area contributed by atoms with Crippen LogP contribution in [0.3, 0.4) is 0 Å². The van der Waals surface area contributed by atoms with E-state index >= 15 is 0 Å². The van der Waals surface area contributed by atoms with Crippen LogP contribution in [0.15, 0.2) is 48.6 Å². The van der Waals surface area contributed by atoms with Gasteiger partial charge in [-0.1, -0.05) is 60.9 Å². The highest BCUT2D eigenvalue weighted by Gasteiger charge is 2.27. The highest BCUT2D eigenvalue weighted by Crippen LogP contribution is 2.42. The Kier molecular flexibility index (Phi) is 16.1. The first-order valence-electron chi connectivity index (χ1n) is 12.7. The predicted octanol–water partition coefficient (Wildman–Crippen LogP) is 8.26. The summed E-state index contributed by atoms with van der Waals surface area (Å²) in [5, 5.41) is 1.43. The van der Waals surface area contributed by atoms with E-state index in [1.54, 1.807) is 13.8 Å². The molecule has 0 amide bonds. The molecule has 0 N–H and O–H groups in total. The van der Waals surface area contributed by atoms with Gasteiger partial charge in [0.25, 0.3) is 0 Å². The van der Waals surface area contributed by atoms with Crippen LogP contribution in [0.1, 0.15) is 25.0 Å². The minimum atomic E-state index is 0.137. The van der Waals surface area contributed by atoms with Gasteiger partial charge in [0, 0.05) is 45.0 Å². The molecule has 3 rings (SSSR count). The molecule has 0 spiro atoms. The molecule has 0 saturated carbocycles. The molecule has 0 aliphatic carbocycles. The molecule has 1 aromatic rings. The van der Waals surface area contributed by atoms with Gasteiger partial charge in [0.1, 0.15) is 0 Å². The molecule has 1 aromatic carbocycles. The summed E-state index contributed by atoms with van der Waals surface area (Å²) in [5.74, 6) is 8.81. The summed E-state index contributed by atoms with van der Waals surface area (Å²) < 4.78 is 1.29. The maximum Gasteiger partial charge on any atom is 0.214 e. The molecule has 0 radical (unpaired) electrons. The highest BCUT2D eigenvalue weighted by atomic mass is 32.2. The summed E-state index contributed by atoms with van der Waals surface area (Å²) in [6.45, 7) is 11.1. The summed E-state index contributed by atoms with van der Waals surface area (Å²) in [6, 6.07) is 8.97. The van der Waals surface area contributed by atoms with Crippen LogP contribution in [-0.2, 0) is 22.4 Å². The topological polar surface area (TPSA) is 34.1 Å². The van der Waals surface area contributed by atoms with E-state index in [0.717, 1.165) is 47.4 Å². The normalized spacial score (nSPS) is 23.0. The quantitative estimate of drug-likeness (QED) is 0.128. The smallest absolute Gasteiger partial charge is 0.214 e. The van der Waals surface area contributed by atoms with Crippen molar-refractivity contribution < 1.29 is 9.59 Å². The van der Waals surface area contributed by atoms with Crippen molar-refractivity contribution in [1.29, 1.82) is 0 Å². The zero-order chi connectivity index (χ0) is 27.3. The molecular weight excluding hydrogens is 625 g/mol. The maximum atomic E-state index is 11.8. The molecule has 2 heterocycles. The van der Waals surface area contributed by atoms with Gasteiger partial charge in [-0.3, -0.25) is 9.59 Å². The van der Waals surface area contributed by atoms with Crippen molar-refractivity contribution in [1.82, 2.24) is 0 Å². The van der Waals surface area contributed by atoms with E-state index < -0.39 is 0 Å². The van der Waals surface area contributed by atoms with Crippen LogP contribution in [0.5, 0.6) is 0 Å². The van der Waals surface area contributed by atoms with Crippen LogP contribution in [0.4, 0.5) is 0 Å². The van der Waals surface area contributed by atoms with E-state index in [-0.39, 0.29) is 10.2 Å². The number of aryl methyl sites for hydroxylation is 2. The molecule has 0 bridgehead atoms. The van der Waals surface area contributed by atoms with Gasteiger partial charge in [0.15, 0.2) is 0 Å². The Bertz CT molecular complexity index is 878. The van der Waals surface area contributed by atoms with E-state index in [2.05, 4.69) is 108 Å². The second-order valence-corrected chi connectivity index (χ2v) is 19.6. The van der Waals surface area contributed by atoms with Crippen molar-refractivity contribution >= 4 is 104 Å². The number of rotatable bonds is 16. The van der Waals surface area contributed by atoms with Crippen molar-refractivity contribution in [3.8, 4) is 0 Å². The van der Waals surface area contributed by atoms with E-state index in [1.165, 1.54) is 46.2 Å². The number of hydrogen-bond acceptors (Lipinski definition) is 10. The zero-order valence-corrected chi connectivity index (χ0v) is 28.7. The standard InChI is InChI=1S/C28H38O2S8/c1-19(2)27(29)35-15-23-13-33-25(37-23)17-31-11-9-21-7-5-6-8-22(21)10-12-32-18-26-34-14-24(38-26)16-36-28(30)20(3)4/h5-8,23-26H,1,3,9-18H2,2,4H3. The lowest BCUT2D eigenvalue weighted by atomic mass is 10.0. The van der Waals surface area contributed by atoms with Crippen LogP contribution in [0, 0.1) is 0 Å². The Morgan fingerprint density at radius 2 is 1.18 bits per heavy atom. The van der Waals surface area contributed by atoms with Gasteiger partial charge in [-0.05, 0) is 60.5 Å². The predicted molar refractivity (Wildman–Crippen MR) is 188 cm³/mol. The summed E-state index contributed by atoms with van der Waals surface area (Å²) in [6.07, 6.45) is 2.27. The van der Waals surface area contributed by atoms with Crippen LogP contribution in [0.25, 0.3) is 0 Å². The first-order chi connectivity index (χ1) is 18.3. The number of carbonyl (C=O) groups excluding carboxylic acids is 2. The van der Waals surface area contributed by atoms with Crippen molar-refractivity contribution in [2.45, 2.75) is 46.4 Å². The van der Waals surface area contributed by atoms with Crippen LogP contribution in [0.2, 0.25) is 0 Å². The fourth-order valence-corrected chi connectivity index (χ4v) is 15.6. The first-order valence-corrected chi connectivity index (χ1v) is 21.0. The third kappa shape index (κ3) is 12.4. The first kappa shape index (κ1) is 33.3. The van der Waals surface area contributed by atoms with Crippen molar-refractivity contribution in [3.05, 3.63) is 59.7 Å². The van der Waals surface area contributed by atoms with Crippen molar-refractivity contribution in [2.24, 2.45) is 0 Å². The van der Waals surface area contributed by atoms with Gasteiger partial charge in [-0.2, -0.15) is 23.5 Å². The fraction of sp³-hybridized carbons (Fsp3) is 0.571. The van der Waals surface area contributed by atoms with Crippen molar-refractivity contribution in [2.75, 3.05) is 46.0 Å². The minimum Gasteiger partial charge on any atom is -0.282 e. The Balaban J connectivity index is 1.27.